The number of benzene rings is 4. The van der Waals surface area contributed by atoms with Crippen LogP contribution in [0.1, 0.15) is 87.1 Å². The fourth-order valence-electron chi connectivity index (χ4n) is 6.21. The number of hydrogen-bond acceptors (Lipinski definition) is 0. The van der Waals surface area contributed by atoms with Crippen molar-refractivity contribution < 1.29 is 20.4 Å². The largest absolute Gasteiger partial charge is 0.147 e. The van der Waals surface area contributed by atoms with Gasteiger partial charge in [-0.3, -0.25) is 0 Å². The zero-order chi connectivity index (χ0) is 27.1. The van der Waals surface area contributed by atoms with Gasteiger partial charge in [-0.1, -0.05) is 0 Å². The standard InChI is InChI=1S/C36H39Si.3ClH.Ti/c1-25(2)29-13-9-16-32(22-29)37(33-17-10-14-30(23-33)26(3)4,34-18-11-15-31(24-34)27(5)6)36-21-20-28-12-7-8-19-35(28)36;;;;/h7-27H,1-6H3;3*1H;. The number of rotatable bonds is 7. The molecule has 0 nitrogen and oxygen atoms in total. The number of fused-ring (bicyclic) bond motifs is 1. The Balaban J connectivity index is 0.00000196. The van der Waals surface area contributed by atoms with Crippen LogP contribution in [0.25, 0.3) is 6.08 Å². The molecule has 1 aliphatic rings. The van der Waals surface area contributed by atoms with Crippen molar-refractivity contribution in [2.24, 2.45) is 0 Å². The fourth-order valence-corrected chi connectivity index (χ4v) is 14.2. The van der Waals surface area contributed by atoms with Crippen LogP contribution in [-0.4, -0.2) is 8.07 Å². The molecule has 0 amide bonds. The van der Waals surface area contributed by atoms with E-state index in [9.17, 15) is 0 Å². The van der Waals surface area contributed by atoms with E-state index in [0.29, 0.717) is 17.8 Å². The Hall–Kier alpha value is -1.58. The molecule has 0 aliphatic heterocycles. The van der Waals surface area contributed by atoms with Gasteiger partial charge in [-0.2, -0.15) is 0 Å². The van der Waals surface area contributed by atoms with Crippen molar-refractivity contribution in [1.82, 2.24) is 0 Å². The molecule has 0 saturated carbocycles. The van der Waals surface area contributed by atoms with Crippen molar-refractivity contribution in [3.63, 3.8) is 0 Å². The minimum absolute atomic E-state index is 0. The monoisotopic (exact) mass is 655 g/mol. The molecular formula is C36H42Cl3SiTi. The number of hydrogen-bond donors (Lipinski definition) is 0. The van der Waals surface area contributed by atoms with E-state index in [1.807, 2.05) is 0 Å². The van der Waals surface area contributed by atoms with Gasteiger partial charge in [-0.25, -0.2) is 0 Å². The predicted molar refractivity (Wildman–Crippen MR) is 185 cm³/mol. The summed E-state index contributed by atoms with van der Waals surface area (Å²) >= 11 is 2.52. The second-order valence-corrected chi connectivity index (χ2v) is 17.9. The van der Waals surface area contributed by atoms with Gasteiger partial charge in [0.05, 0.1) is 0 Å². The summed E-state index contributed by atoms with van der Waals surface area (Å²) in [4.78, 5) is 0. The predicted octanol–water partition coefficient (Wildman–Crippen LogP) is 8.80. The molecule has 4 aromatic rings. The van der Waals surface area contributed by atoms with Crippen LogP contribution >= 0.6 is 37.2 Å². The van der Waals surface area contributed by atoms with Crippen molar-refractivity contribution in [3.05, 3.63) is 131 Å². The van der Waals surface area contributed by atoms with Crippen LogP contribution in [0.4, 0.5) is 0 Å². The minimum Gasteiger partial charge on any atom is -0.147 e. The van der Waals surface area contributed by atoms with Crippen LogP contribution < -0.4 is 15.6 Å². The van der Waals surface area contributed by atoms with Gasteiger partial charge >= 0.3 is 244 Å². The summed E-state index contributed by atoms with van der Waals surface area (Å²) in [7, 11) is -2.68. The van der Waals surface area contributed by atoms with Crippen LogP contribution in [-0.2, 0) is 23.8 Å². The van der Waals surface area contributed by atoms with E-state index in [0.717, 1.165) is 0 Å². The first kappa shape index (κ1) is 35.6. The first-order valence-corrected chi connectivity index (χ1v) is 16.8. The summed E-state index contributed by atoms with van der Waals surface area (Å²) in [5.74, 6) is 1.43. The molecule has 0 radical (unpaired) electrons. The molecule has 1 atom stereocenters. The molecule has 0 fully saturated rings. The van der Waals surface area contributed by atoms with E-state index in [4.69, 9.17) is 0 Å². The molecule has 1 unspecified atom stereocenters. The average Bonchev–Trinajstić information content (AvgIpc) is 3.27. The Labute approximate surface area is 279 Å². The van der Waals surface area contributed by atoms with E-state index < -0.39 is 8.07 Å². The summed E-state index contributed by atoms with van der Waals surface area (Å²) in [6.45, 7) is 13.9. The number of halogens is 3. The van der Waals surface area contributed by atoms with Crippen LogP contribution in [0.2, 0.25) is 0 Å². The minimum atomic E-state index is -2.68. The van der Waals surface area contributed by atoms with Crippen molar-refractivity contribution in [2.75, 3.05) is 0 Å². The van der Waals surface area contributed by atoms with E-state index in [2.05, 4.69) is 171 Å². The second-order valence-electron chi connectivity index (χ2n) is 11.8. The summed E-state index contributed by atoms with van der Waals surface area (Å²) in [5.41, 5.74) is 7.05. The molecule has 41 heavy (non-hydrogen) atoms. The molecule has 0 aromatic heterocycles. The quantitative estimate of drug-likeness (QED) is 0.138. The third-order valence-electron chi connectivity index (χ3n) is 8.45. The average molecular weight is 657 g/mol. The maximum Gasteiger partial charge on any atom is -0.147 e. The Morgan fingerprint density at radius 3 is 1.32 bits per heavy atom. The van der Waals surface area contributed by atoms with Crippen LogP contribution in [0.3, 0.4) is 0 Å². The molecule has 5 rings (SSSR count). The zero-order valence-electron chi connectivity index (χ0n) is 24.8. The van der Waals surface area contributed by atoms with Crippen molar-refractivity contribution >= 4 is 66.9 Å². The Morgan fingerprint density at radius 1 is 0.537 bits per heavy atom. The first-order chi connectivity index (χ1) is 18.2. The summed E-state index contributed by atoms with van der Waals surface area (Å²) in [6, 6.07) is 37.8. The van der Waals surface area contributed by atoms with Gasteiger partial charge in [-0.05, 0) is 0 Å². The van der Waals surface area contributed by atoms with E-state index in [-0.39, 0.29) is 40.6 Å². The third kappa shape index (κ3) is 6.23. The summed E-state index contributed by atoms with van der Waals surface area (Å²) in [6.07, 6.45) is 4.91. The van der Waals surface area contributed by atoms with Crippen molar-refractivity contribution in [3.8, 4) is 0 Å². The number of allylic oxidation sites excluding steroid dienone is 1. The molecule has 0 spiro atoms. The fraction of sp³-hybridized carbons (Fsp3) is 0.278. The first-order valence-electron chi connectivity index (χ1n) is 14.0. The summed E-state index contributed by atoms with van der Waals surface area (Å²) < 4.78 is -0.148. The van der Waals surface area contributed by atoms with E-state index in [1.165, 1.54) is 43.4 Å². The molecule has 4 aromatic carbocycles. The second kappa shape index (κ2) is 14.3. The van der Waals surface area contributed by atoms with E-state index in [1.54, 1.807) is 0 Å². The van der Waals surface area contributed by atoms with Gasteiger partial charge in [0.2, 0.25) is 0 Å². The van der Waals surface area contributed by atoms with Gasteiger partial charge in [0.1, 0.15) is 0 Å². The zero-order valence-corrected chi connectivity index (χ0v) is 29.9. The summed E-state index contributed by atoms with van der Waals surface area (Å²) in [5, 5.41) is 4.48. The van der Waals surface area contributed by atoms with Gasteiger partial charge in [0.25, 0.3) is 0 Å². The third-order valence-corrected chi connectivity index (χ3v) is 16.0. The molecule has 5 heteroatoms. The smallest absolute Gasteiger partial charge is 0.147 e. The van der Waals surface area contributed by atoms with Crippen LogP contribution in [0.5, 0.6) is 0 Å². The van der Waals surface area contributed by atoms with Gasteiger partial charge in [-0.15, -0.1) is 37.2 Å². The van der Waals surface area contributed by atoms with Gasteiger partial charge in [0.15, 0.2) is 0 Å². The molecule has 0 N–H and O–H groups in total. The van der Waals surface area contributed by atoms with Crippen LogP contribution in [0, 0.1) is 0 Å². The van der Waals surface area contributed by atoms with Gasteiger partial charge in [0, 0.05) is 0 Å². The Bertz CT molecular complexity index is 1370. The molecule has 0 heterocycles. The Kier molecular flexibility index (Phi) is 12.4. The van der Waals surface area contributed by atoms with Gasteiger partial charge < -0.3 is 0 Å². The molecule has 0 bridgehead atoms. The molecule has 1 aliphatic carbocycles. The maximum absolute atomic E-state index is 2.68. The Morgan fingerprint density at radius 2 is 0.927 bits per heavy atom. The van der Waals surface area contributed by atoms with Crippen molar-refractivity contribution in [2.45, 2.75) is 62.6 Å². The van der Waals surface area contributed by atoms with Crippen molar-refractivity contribution in [1.29, 1.82) is 0 Å². The molecule has 215 valence electrons. The van der Waals surface area contributed by atoms with E-state index >= 15 is 0 Å². The molecule has 0 saturated heterocycles. The normalized spacial score (nSPS) is 15.7. The molecular weight excluding hydrogens is 615 g/mol. The topological polar surface area (TPSA) is 0 Å². The van der Waals surface area contributed by atoms with Crippen LogP contribution in [0.15, 0.2) is 103 Å². The SMILES string of the molecule is CC(C)c1cccc([Si](c2cccc(C(C)C)c2)(c2cccc(C(C)C)c2)[C]2([Ti])C=Cc3ccccc32)c1.Cl.Cl.Cl. The maximum atomic E-state index is 2.54.